The largest absolute Gasteiger partial charge is 0.493 e. The van der Waals surface area contributed by atoms with Gasteiger partial charge in [-0.25, -0.2) is 9.97 Å². The van der Waals surface area contributed by atoms with Gasteiger partial charge in [0.25, 0.3) is 5.91 Å². The number of amides is 1. The first-order chi connectivity index (χ1) is 14.1. The fraction of sp³-hybridized carbons (Fsp3) is 0.286. The standard InChI is InChI=1S/C21H21N3O5/c1-26-16-7-12-5-6-24(21(25)13(12)8-17(16)27-2)20-14-9-18(28-3)19(29-4)10-15(14)22-11-23-20/h7-11H,5-6H2,1-4H3. The normalized spacial score (nSPS) is 13.2. The van der Waals surface area contributed by atoms with Crippen LogP contribution in [0.25, 0.3) is 10.9 Å². The molecule has 0 radical (unpaired) electrons. The second-order valence-electron chi connectivity index (χ2n) is 6.49. The topological polar surface area (TPSA) is 83.0 Å². The van der Waals surface area contributed by atoms with E-state index in [9.17, 15) is 4.79 Å². The lowest BCUT2D eigenvalue weighted by Gasteiger charge is -2.29. The van der Waals surface area contributed by atoms with Crippen LogP contribution in [0.4, 0.5) is 5.82 Å². The number of nitrogens with zero attached hydrogens (tertiary/aromatic N) is 3. The summed E-state index contributed by atoms with van der Waals surface area (Å²) in [7, 11) is 6.26. The molecule has 150 valence electrons. The van der Waals surface area contributed by atoms with Gasteiger partial charge in [-0.2, -0.15) is 0 Å². The number of hydrogen-bond donors (Lipinski definition) is 0. The van der Waals surface area contributed by atoms with Gasteiger partial charge in [-0.15, -0.1) is 0 Å². The summed E-state index contributed by atoms with van der Waals surface area (Å²) in [5, 5.41) is 0.711. The molecule has 0 N–H and O–H groups in total. The minimum Gasteiger partial charge on any atom is -0.493 e. The molecule has 8 heteroatoms. The van der Waals surface area contributed by atoms with Crippen molar-refractivity contribution in [1.82, 2.24) is 9.97 Å². The van der Waals surface area contributed by atoms with E-state index in [1.54, 1.807) is 51.5 Å². The SMILES string of the molecule is COc1cc2c(cc1OC)C(=O)N(c1ncnc3cc(OC)c(OC)cc13)CC2. The number of benzene rings is 2. The smallest absolute Gasteiger partial charge is 0.259 e. The maximum Gasteiger partial charge on any atom is 0.259 e. The summed E-state index contributed by atoms with van der Waals surface area (Å²) in [5.41, 5.74) is 2.15. The quantitative estimate of drug-likeness (QED) is 0.657. The zero-order valence-corrected chi connectivity index (χ0v) is 16.7. The average molecular weight is 395 g/mol. The molecule has 0 fully saturated rings. The molecule has 3 aromatic rings. The first kappa shape index (κ1) is 18.8. The number of carbonyl (C=O) groups excluding carboxylic acids is 1. The number of aromatic nitrogens is 2. The molecular weight excluding hydrogens is 374 g/mol. The Balaban J connectivity index is 1.82. The Morgan fingerprint density at radius 1 is 0.828 bits per heavy atom. The van der Waals surface area contributed by atoms with Crippen LogP contribution in [0.5, 0.6) is 23.0 Å². The lowest BCUT2D eigenvalue weighted by Crippen LogP contribution is -2.38. The van der Waals surface area contributed by atoms with Crippen molar-refractivity contribution >= 4 is 22.6 Å². The van der Waals surface area contributed by atoms with Gasteiger partial charge < -0.3 is 18.9 Å². The van der Waals surface area contributed by atoms with Crippen molar-refractivity contribution in [3.8, 4) is 23.0 Å². The molecule has 4 rings (SSSR count). The third-order valence-corrected chi connectivity index (χ3v) is 5.06. The third-order valence-electron chi connectivity index (χ3n) is 5.06. The zero-order chi connectivity index (χ0) is 20.5. The van der Waals surface area contributed by atoms with E-state index in [0.717, 1.165) is 5.56 Å². The van der Waals surface area contributed by atoms with Crippen molar-refractivity contribution in [2.45, 2.75) is 6.42 Å². The molecule has 1 amide bonds. The van der Waals surface area contributed by atoms with E-state index in [0.29, 0.717) is 58.2 Å². The fourth-order valence-electron chi connectivity index (χ4n) is 3.59. The number of methoxy groups -OCH3 is 4. The van der Waals surface area contributed by atoms with Gasteiger partial charge in [-0.1, -0.05) is 0 Å². The number of ether oxygens (including phenoxy) is 4. The number of rotatable bonds is 5. The van der Waals surface area contributed by atoms with Gasteiger partial charge in [0.1, 0.15) is 12.1 Å². The highest BCUT2D eigenvalue weighted by atomic mass is 16.5. The molecule has 8 nitrogen and oxygen atoms in total. The van der Waals surface area contributed by atoms with Crippen LogP contribution in [0.1, 0.15) is 15.9 Å². The molecule has 1 aromatic heterocycles. The number of carbonyl (C=O) groups is 1. The number of fused-ring (bicyclic) bond motifs is 2. The van der Waals surface area contributed by atoms with Crippen LogP contribution >= 0.6 is 0 Å². The molecule has 0 saturated heterocycles. The molecule has 1 aliphatic heterocycles. The molecule has 29 heavy (non-hydrogen) atoms. The maximum absolute atomic E-state index is 13.3. The zero-order valence-electron chi connectivity index (χ0n) is 16.7. The van der Waals surface area contributed by atoms with Gasteiger partial charge in [-0.05, 0) is 30.2 Å². The van der Waals surface area contributed by atoms with E-state index in [1.165, 1.54) is 6.33 Å². The van der Waals surface area contributed by atoms with E-state index in [4.69, 9.17) is 18.9 Å². The summed E-state index contributed by atoms with van der Waals surface area (Å²) in [4.78, 5) is 23.7. The molecule has 0 spiro atoms. The van der Waals surface area contributed by atoms with Crippen molar-refractivity contribution in [3.05, 3.63) is 41.7 Å². The molecule has 0 bridgehead atoms. The predicted molar refractivity (Wildman–Crippen MR) is 108 cm³/mol. The van der Waals surface area contributed by atoms with Gasteiger partial charge in [0.15, 0.2) is 23.0 Å². The third kappa shape index (κ3) is 3.06. The van der Waals surface area contributed by atoms with Crippen LogP contribution in [0, 0.1) is 0 Å². The van der Waals surface area contributed by atoms with Gasteiger partial charge in [-0.3, -0.25) is 9.69 Å². The molecule has 0 aliphatic carbocycles. The summed E-state index contributed by atoms with van der Waals surface area (Å²) in [6.45, 7) is 0.488. The van der Waals surface area contributed by atoms with E-state index in [2.05, 4.69) is 9.97 Å². The summed E-state index contributed by atoms with van der Waals surface area (Å²) in [6, 6.07) is 7.14. The monoisotopic (exact) mass is 395 g/mol. The van der Waals surface area contributed by atoms with E-state index < -0.39 is 0 Å². The van der Waals surface area contributed by atoms with Crippen LogP contribution < -0.4 is 23.8 Å². The van der Waals surface area contributed by atoms with E-state index in [1.807, 2.05) is 6.07 Å². The van der Waals surface area contributed by atoms with Gasteiger partial charge >= 0.3 is 0 Å². The lowest BCUT2D eigenvalue weighted by molar-refractivity contribution is 0.0979. The fourth-order valence-corrected chi connectivity index (χ4v) is 3.59. The van der Waals surface area contributed by atoms with Gasteiger partial charge in [0, 0.05) is 23.6 Å². The first-order valence-corrected chi connectivity index (χ1v) is 9.04. The molecule has 1 aliphatic rings. The van der Waals surface area contributed by atoms with Crippen LogP contribution in [0.2, 0.25) is 0 Å². The summed E-state index contributed by atoms with van der Waals surface area (Å²) in [6.07, 6.45) is 2.11. The Labute approximate surface area is 168 Å². The average Bonchev–Trinajstić information content (AvgIpc) is 2.77. The van der Waals surface area contributed by atoms with Crippen molar-refractivity contribution < 1.29 is 23.7 Å². The Kier molecular flexibility index (Phi) is 4.84. The second kappa shape index (κ2) is 7.46. The van der Waals surface area contributed by atoms with E-state index in [-0.39, 0.29) is 5.91 Å². The van der Waals surface area contributed by atoms with Crippen molar-refractivity contribution in [2.75, 3.05) is 39.9 Å². The number of anilines is 1. The minimum atomic E-state index is -0.151. The maximum atomic E-state index is 13.3. The highest BCUT2D eigenvalue weighted by molar-refractivity contribution is 6.11. The molecular formula is C21H21N3O5. The Morgan fingerprint density at radius 2 is 1.45 bits per heavy atom. The van der Waals surface area contributed by atoms with Crippen LogP contribution in [0.15, 0.2) is 30.6 Å². The Bertz CT molecular complexity index is 1100. The summed E-state index contributed by atoms with van der Waals surface area (Å²) >= 11 is 0. The van der Waals surface area contributed by atoms with Crippen molar-refractivity contribution in [3.63, 3.8) is 0 Å². The highest BCUT2D eigenvalue weighted by Crippen LogP contribution is 2.38. The van der Waals surface area contributed by atoms with Crippen LogP contribution in [-0.4, -0.2) is 50.9 Å². The lowest BCUT2D eigenvalue weighted by atomic mass is 9.97. The Morgan fingerprint density at radius 3 is 2.14 bits per heavy atom. The number of hydrogen-bond acceptors (Lipinski definition) is 7. The molecule has 0 unspecified atom stereocenters. The Hall–Kier alpha value is -3.55. The summed E-state index contributed by atoms with van der Waals surface area (Å²) in [5.74, 6) is 2.62. The molecule has 0 atom stereocenters. The van der Waals surface area contributed by atoms with Crippen molar-refractivity contribution in [2.24, 2.45) is 0 Å². The van der Waals surface area contributed by atoms with Gasteiger partial charge in [0.2, 0.25) is 0 Å². The highest BCUT2D eigenvalue weighted by Gasteiger charge is 2.29. The van der Waals surface area contributed by atoms with Gasteiger partial charge in [0.05, 0.1) is 34.0 Å². The van der Waals surface area contributed by atoms with Crippen molar-refractivity contribution in [1.29, 1.82) is 0 Å². The van der Waals surface area contributed by atoms with E-state index >= 15 is 0 Å². The second-order valence-corrected chi connectivity index (χ2v) is 6.49. The first-order valence-electron chi connectivity index (χ1n) is 9.04. The minimum absolute atomic E-state index is 0.151. The van der Waals surface area contributed by atoms with Crippen LogP contribution in [0.3, 0.4) is 0 Å². The van der Waals surface area contributed by atoms with Crippen LogP contribution in [-0.2, 0) is 6.42 Å². The molecule has 2 aromatic carbocycles. The summed E-state index contributed by atoms with van der Waals surface area (Å²) < 4.78 is 21.5. The molecule has 2 heterocycles. The predicted octanol–water partition coefficient (Wildman–Crippen LogP) is 2.87. The molecule has 0 saturated carbocycles.